The summed E-state index contributed by atoms with van der Waals surface area (Å²) < 4.78 is 5.49. The molecule has 0 unspecified atom stereocenters. The fourth-order valence-electron chi connectivity index (χ4n) is 4.93. The van der Waals surface area contributed by atoms with Crippen LogP contribution in [0, 0.1) is 5.41 Å². The number of ketones is 1. The van der Waals surface area contributed by atoms with Crippen LogP contribution in [0.5, 0.6) is 0 Å². The van der Waals surface area contributed by atoms with Gasteiger partial charge >= 0.3 is 11.9 Å². The van der Waals surface area contributed by atoms with Gasteiger partial charge in [-0.2, -0.15) is 0 Å². The van der Waals surface area contributed by atoms with Gasteiger partial charge in [-0.25, -0.2) is 4.79 Å². The molecule has 0 aromatic carbocycles. The van der Waals surface area contributed by atoms with Crippen LogP contribution in [0.1, 0.15) is 143 Å². The van der Waals surface area contributed by atoms with Crippen LogP contribution in [0.4, 0.5) is 0 Å². The molecule has 0 heterocycles. The van der Waals surface area contributed by atoms with Gasteiger partial charge in [0.05, 0.1) is 13.2 Å². The van der Waals surface area contributed by atoms with E-state index in [0.717, 1.165) is 44.9 Å². The standard InChI is InChI=1S/C34H62N2O8/c1-34(2,3)29(37)24-26-44-27-25-35(4)30(38)23-22-28(33(42)43)36(5)31(39)20-18-16-14-12-10-8-6-7-9-11-13-15-17-19-21-32(40)41/h28H,6-27H2,1-5H3,(H,40,41)(H,42,43)/t28-/m0/s1. The van der Waals surface area contributed by atoms with E-state index >= 15 is 0 Å². The molecule has 2 amide bonds. The predicted octanol–water partition coefficient (Wildman–Crippen LogP) is 6.48. The summed E-state index contributed by atoms with van der Waals surface area (Å²) >= 11 is 0. The molecular formula is C34H62N2O8. The Morgan fingerprint density at radius 2 is 1.07 bits per heavy atom. The number of carboxylic acids is 2. The number of carbonyl (C=O) groups excluding carboxylic acids is 3. The van der Waals surface area contributed by atoms with Crippen LogP contribution in [0.3, 0.4) is 0 Å². The highest BCUT2D eigenvalue weighted by molar-refractivity contribution is 5.84. The number of aliphatic carboxylic acids is 2. The Morgan fingerprint density at radius 1 is 0.614 bits per heavy atom. The molecule has 0 aliphatic rings. The van der Waals surface area contributed by atoms with Gasteiger partial charge in [0, 0.05) is 51.7 Å². The second-order valence-corrected chi connectivity index (χ2v) is 13.1. The van der Waals surface area contributed by atoms with Crippen molar-refractivity contribution >= 4 is 29.5 Å². The molecule has 1 atom stereocenters. The van der Waals surface area contributed by atoms with Gasteiger partial charge in [0.2, 0.25) is 11.8 Å². The quantitative estimate of drug-likeness (QED) is 0.0940. The summed E-state index contributed by atoms with van der Waals surface area (Å²) in [6.07, 6.45) is 16.3. The number of unbranched alkanes of at least 4 members (excludes halogenated alkanes) is 13. The molecule has 0 saturated heterocycles. The molecule has 44 heavy (non-hydrogen) atoms. The molecule has 0 spiro atoms. The number of Topliss-reactive ketones (excluding diaryl/α,β-unsaturated/α-hetero) is 1. The number of ether oxygens (including phenoxy) is 1. The Labute approximate surface area is 266 Å². The maximum Gasteiger partial charge on any atom is 0.326 e. The monoisotopic (exact) mass is 626 g/mol. The van der Waals surface area contributed by atoms with E-state index in [2.05, 4.69) is 0 Å². The fraction of sp³-hybridized carbons (Fsp3) is 0.853. The average Bonchev–Trinajstić information content (AvgIpc) is 2.95. The molecule has 0 fully saturated rings. The lowest BCUT2D eigenvalue weighted by Gasteiger charge is -2.26. The topological polar surface area (TPSA) is 142 Å². The highest BCUT2D eigenvalue weighted by atomic mass is 16.5. The lowest BCUT2D eigenvalue weighted by molar-refractivity contribution is -0.149. The maximum atomic E-state index is 12.6. The number of rotatable bonds is 28. The van der Waals surface area contributed by atoms with Crippen LogP contribution in [0.2, 0.25) is 0 Å². The van der Waals surface area contributed by atoms with Crippen molar-refractivity contribution in [2.75, 3.05) is 33.9 Å². The summed E-state index contributed by atoms with van der Waals surface area (Å²) in [5, 5.41) is 18.3. The van der Waals surface area contributed by atoms with Crippen LogP contribution in [-0.4, -0.2) is 89.4 Å². The zero-order valence-electron chi connectivity index (χ0n) is 28.4. The Hall–Kier alpha value is -2.49. The van der Waals surface area contributed by atoms with E-state index in [1.165, 1.54) is 61.8 Å². The number of hydrogen-bond donors (Lipinski definition) is 2. The first-order valence-corrected chi connectivity index (χ1v) is 16.8. The van der Waals surface area contributed by atoms with Gasteiger partial charge in [0.15, 0.2) is 0 Å². The van der Waals surface area contributed by atoms with E-state index < -0.39 is 23.4 Å². The van der Waals surface area contributed by atoms with Gasteiger partial charge in [-0.1, -0.05) is 97.8 Å². The molecule has 10 nitrogen and oxygen atoms in total. The first-order chi connectivity index (χ1) is 20.8. The third kappa shape index (κ3) is 22.1. The normalized spacial score (nSPS) is 12.1. The number of nitrogens with zero attached hydrogens (tertiary/aromatic N) is 2. The first-order valence-electron chi connectivity index (χ1n) is 16.8. The highest BCUT2D eigenvalue weighted by Gasteiger charge is 2.27. The summed E-state index contributed by atoms with van der Waals surface area (Å²) in [5.74, 6) is -2.12. The summed E-state index contributed by atoms with van der Waals surface area (Å²) in [5.41, 5.74) is -0.401. The second kappa shape index (κ2) is 24.8. The number of hydrogen-bond acceptors (Lipinski definition) is 6. The van der Waals surface area contributed by atoms with Crippen molar-refractivity contribution in [3.05, 3.63) is 0 Å². The molecule has 256 valence electrons. The van der Waals surface area contributed by atoms with Crippen molar-refractivity contribution < 1.29 is 38.9 Å². The van der Waals surface area contributed by atoms with Gasteiger partial charge < -0.3 is 24.7 Å². The summed E-state index contributed by atoms with van der Waals surface area (Å²) in [7, 11) is 3.13. The van der Waals surface area contributed by atoms with E-state index in [1.54, 1.807) is 7.05 Å². The summed E-state index contributed by atoms with van der Waals surface area (Å²) in [6.45, 7) is 6.53. The number of amides is 2. The van der Waals surface area contributed by atoms with Crippen LogP contribution in [0.25, 0.3) is 0 Å². The van der Waals surface area contributed by atoms with Crippen molar-refractivity contribution in [2.45, 2.75) is 149 Å². The molecule has 0 saturated carbocycles. The molecule has 10 heteroatoms. The minimum atomic E-state index is -1.11. The number of carbonyl (C=O) groups is 5. The predicted molar refractivity (Wildman–Crippen MR) is 172 cm³/mol. The first kappa shape index (κ1) is 41.5. The Balaban J connectivity index is 3.98. The van der Waals surface area contributed by atoms with Crippen LogP contribution < -0.4 is 0 Å². The van der Waals surface area contributed by atoms with Crippen LogP contribution in [-0.2, 0) is 28.7 Å². The van der Waals surface area contributed by atoms with Gasteiger partial charge in [-0.05, 0) is 19.3 Å². The van der Waals surface area contributed by atoms with Crippen molar-refractivity contribution in [1.29, 1.82) is 0 Å². The van der Waals surface area contributed by atoms with E-state index in [-0.39, 0.29) is 36.9 Å². The third-order valence-electron chi connectivity index (χ3n) is 8.12. The fourth-order valence-corrected chi connectivity index (χ4v) is 4.93. The van der Waals surface area contributed by atoms with Gasteiger partial charge in [0.1, 0.15) is 11.8 Å². The zero-order chi connectivity index (χ0) is 33.4. The largest absolute Gasteiger partial charge is 0.481 e. The average molecular weight is 627 g/mol. The van der Waals surface area contributed by atoms with Crippen molar-refractivity contribution in [3.63, 3.8) is 0 Å². The van der Waals surface area contributed by atoms with Crippen LogP contribution >= 0.6 is 0 Å². The lowest BCUT2D eigenvalue weighted by Crippen LogP contribution is -2.43. The Bertz CT molecular complexity index is 840. The minimum Gasteiger partial charge on any atom is -0.481 e. The van der Waals surface area contributed by atoms with Gasteiger partial charge in [0.25, 0.3) is 0 Å². The summed E-state index contributed by atoms with van der Waals surface area (Å²) in [4.78, 5) is 62.2. The van der Waals surface area contributed by atoms with E-state index in [1.807, 2.05) is 20.8 Å². The maximum absolute atomic E-state index is 12.6. The minimum absolute atomic E-state index is 0.0161. The lowest BCUT2D eigenvalue weighted by atomic mass is 9.89. The SMILES string of the molecule is CN(CCOCCC(=O)C(C)(C)C)C(=O)CC[C@@H](C(=O)O)N(C)C(=O)CCCCCCCCCCCCCCCCC(=O)O. The van der Waals surface area contributed by atoms with Gasteiger partial charge in [-0.15, -0.1) is 0 Å². The third-order valence-corrected chi connectivity index (χ3v) is 8.12. The zero-order valence-corrected chi connectivity index (χ0v) is 28.4. The molecule has 0 aromatic rings. The molecule has 0 aliphatic carbocycles. The van der Waals surface area contributed by atoms with Crippen molar-refractivity contribution in [3.8, 4) is 0 Å². The smallest absolute Gasteiger partial charge is 0.326 e. The number of carboxylic acid groups (broad SMARTS) is 2. The summed E-state index contributed by atoms with van der Waals surface area (Å²) in [6, 6.07) is -1.04. The second-order valence-electron chi connectivity index (χ2n) is 13.1. The van der Waals surface area contributed by atoms with Gasteiger partial charge in [-0.3, -0.25) is 19.2 Å². The van der Waals surface area contributed by atoms with E-state index in [0.29, 0.717) is 32.6 Å². The Morgan fingerprint density at radius 3 is 1.50 bits per heavy atom. The van der Waals surface area contributed by atoms with Crippen molar-refractivity contribution in [1.82, 2.24) is 9.80 Å². The number of likely N-dealkylation sites (N-methyl/N-ethyl adjacent to an activating group) is 2. The molecular weight excluding hydrogens is 564 g/mol. The molecule has 0 aliphatic heterocycles. The highest BCUT2D eigenvalue weighted by Crippen LogP contribution is 2.17. The Kier molecular flexibility index (Phi) is 23.4. The van der Waals surface area contributed by atoms with Crippen LogP contribution in [0.15, 0.2) is 0 Å². The van der Waals surface area contributed by atoms with E-state index in [9.17, 15) is 29.1 Å². The van der Waals surface area contributed by atoms with E-state index in [4.69, 9.17) is 9.84 Å². The van der Waals surface area contributed by atoms with Crippen molar-refractivity contribution in [2.24, 2.45) is 5.41 Å². The molecule has 0 radical (unpaired) electrons. The molecule has 0 aromatic heterocycles. The molecule has 0 bridgehead atoms. The molecule has 0 rings (SSSR count). The molecule has 2 N–H and O–H groups in total.